The van der Waals surface area contributed by atoms with Crippen molar-refractivity contribution in [2.45, 2.75) is 4.90 Å². The van der Waals surface area contributed by atoms with Crippen LogP contribution < -0.4 is 0 Å². The highest BCUT2D eigenvalue weighted by atomic mass is 79.9. The Bertz CT molecular complexity index is 836. The normalized spacial score (nSPS) is 13.7. The van der Waals surface area contributed by atoms with E-state index in [1.165, 1.54) is 24.3 Å². The Balaban J connectivity index is 3.59. The molecule has 0 saturated heterocycles. The fourth-order valence-electron chi connectivity index (χ4n) is 1.67. The van der Waals surface area contributed by atoms with E-state index < -0.39 is 36.6 Å². The highest BCUT2D eigenvalue weighted by molar-refractivity contribution is 9.10. The van der Waals surface area contributed by atoms with E-state index in [0.29, 0.717) is 17.0 Å². The minimum absolute atomic E-state index is 0.167. The van der Waals surface area contributed by atoms with Crippen LogP contribution in [0.5, 0.6) is 0 Å². The Morgan fingerprint density at radius 2 is 1.39 bits per heavy atom. The van der Waals surface area contributed by atoms with Crippen LogP contribution in [-0.4, -0.2) is 58.4 Å². The molecule has 0 fully saturated rings. The summed E-state index contributed by atoms with van der Waals surface area (Å²) in [7, 11) is -13.3. The third-order valence-corrected chi connectivity index (χ3v) is 8.24. The van der Waals surface area contributed by atoms with Crippen LogP contribution >= 0.6 is 27.5 Å². The zero-order chi connectivity index (χ0) is 18.1. The third kappa shape index (κ3) is 5.11. The predicted molar refractivity (Wildman–Crippen MR) is 90.3 cm³/mol. The Labute approximate surface area is 149 Å². The molecule has 0 unspecified atom stereocenters. The number of sulfonamides is 3. The topological polar surface area (TPSA) is 109 Å². The van der Waals surface area contributed by atoms with E-state index in [1.807, 2.05) is 0 Å². The van der Waals surface area contributed by atoms with Gasteiger partial charge in [-0.15, -0.1) is 16.0 Å². The molecule has 23 heavy (non-hydrogen) atoms. The average Bonchev–Trinajstić information content (AvgIpc) is 2.35. The van der Waals surface area contributed by atoms with Gasteiger partial charge in [-0.2, -0.15) is 0 Å². The molecule has 0 aliphatic heterocycles. The summed E-state index contributed by atoms with van der Waals surface area (Å²) in [6, 6.07) is 5.28. The largest absolute Gasteiger partial charge is 0.257 e. The van der Waals surface area contributed by atoms with Crippen molar-refractivity contribution in [2.75, 3.05) is 24.9 Å². The molecule has 8 nitrogen and oxygen atoms in total. The van der Waals surface area contributed by atoms with Crippen LogP contribution in [-0.2, 0) is 30.1 Å². The standard InChI is InChI=1S/C10H14BrClN2O6S3/c1-21(15,16)14(22(2,17)18)13(8-7-12)23(19,20)10-5-3-9(11)4-6-10/h3-6H,7-8H2,1-2H3. The van der Waals surface area contributed by atoms with Crippen LogP contribution in [0.25, 0.3) is 0 Å². The van der Waals surface area contributed by atoms with Crippen molar-refractivity contribution < 1.29 is 25.3 Å². The zero-order valence-electron chi connectivity index (χ0n) is 12.0. The molecule has 0 heterocycles. The lowest BCUT2D eigenvalue weighted by Crippen LogP contribution is -2.52. The second kappa shape index (κ2) is 7.33. The number of rotatable bonds is 7. The Hall–Kier alpha value is -0.240. The van der Waals surface area contributed by atoms with Crippen molar-refractivity contribution in [1.82, 2.24) is 8.23 Å². The summed E-state index contributed by atoms with van der Waals surface area (Å²) in [4.78, 5) is -0.275. The molecule has 0 aliphatic rings. The summed E-state index contributed by atoms with van der Waals surface area (Å²) in [5.74, 6) is -0.308. The summed E-state index contributed by atoms with van der Waals surface area (Å²) in [5.41, 5.74) is 0. The van der Waals surface area contributed by atoms with Crippen molar-refractivity contribution in [3.63, 3.8) is 0 Å². The van der Waals surface area contributed by atoms with Gasteiger partial charge in [0.05, 0.1) is 17.4 Å². The van der Waals surface area contributed by atoms with E-state index in [-0.39, 0.29) is 19.0 Å². The first-order chi connectivity index (χ1) is 10.3. The van der Waals surface area contributed by atoms with Crippen molar-refractivity contribution in [3.8, 4) is 0 Å². The molecular formula is C10H14BrClN2O6S3. The van der Waals surface area contributed by atoms with Gasteiger partial charge in [0, 0.05) is 16.9 Å². The molecule has 132 valence electrons. The van der Waals surface area contributed by atoms with E-state index in [0.717, 1.165) is 0 Å². The van der Waals surface area contributed by atoms with Crippen LogP contribution in [0.3, 0.4) is 0 Å². The first-order valence-electron chi connectivity index (χ1n) is 5.86. The van der Waals surface area contributed by atoms with Gasteiger partial charge in [-0.1, -0.05) is 15.9 Å². The molecule has 0 N–H and O–H groups in total. The first-order valence-corrected chi connectivity index (χ1v) is 12.3. The minimum Gasteiger partial charge on any atom is -0.210 e. The fraction of sp³-hybridized carbons (Fsp3) is 0.400. The zero-order valence-corrected chi connectivity index (χ0v) is 16.8. The number of hydrogen-bond donors (Lipinski definition) is 0. The van der Waals surface area contributed by atoms with Gasteiger partial charge in [0.1, 0.15) is 0 Å². The van der Waals surface area contributed by atoms with E-state index in [1.54, 1.807) is 0 Å². The van der Waals surface area contributed by atoms with Crippen LogP contribution in [0, 0.1) is 0 Å². The third-order valence-electron chi connectivity index (χ3n) is 2.41. The van der Waals surface area contributed by atoms with Gasteiger partial charge in [0.25, 0.3) is 10.0 Å². The van der Waals surface area contributed by atoms with E-state index in [9.17, 15) is 25.3 Å². The van der Waals surface area contributed by atoms with Crippen LogP contribution in [0.15, 0.2) is 33.6 Å². The molecule has 0 radical (unpaired) electrons. The average molecular weight is 470 g/mol. The first kappa shape index (κ1) is 20.8. The second-order valence-electron chi connectivity index (χ2n) is 4.40. The van der Waals surface area contributed by atoms with Gasteiger partial charge in [-0.3, -0.25) is 0 Å². The summed E-state index contributed by atoms with van der Waals surface area (Å²) in [5, 5.41) is 0. The van der Waals surface area contributed by atoms with Gasteiger partial charge in [0.15, 0.2) is 0 Å². The molecule has 1 aromatic carbocycles. The monoisotopic (exact) mass is 468 g/mol. The van der Waals surface area contributed by atoms with Crippen molar-refractivity contribution >= 4 is 57.6 Å². The molecule has 0 atom stereocenters. The molecule has 1 rings (SSSR count). The maximum Gasteiger partial charge on any atom is 0.257 e. The lowest BCUT2D eigenvalue weighted by atomic mass is 10.4. The Kier molecular flexibility index (Phi) is 6.63. The van der Waals surface area contributed by atoms with Gasteiger partial charge in [0.2, 0.25) is 20.0 Å². The highest BCUT2D eigenvalue weighted by Gasteiger charge is 2.41. The van der Waals surface area contributed by atoms with E-state index >= 15 is 0 Å². The van der Waals surface area contributed by atoms with Gasteiger partial charge >= 0.3 is 0 Å². The summed E-state index contributed by atoms with van der Waals surface area (Å²) in [6.45, 7) is -0.542. The Morgan fingerprint density at radius 3 is 1.74 bits per heavy atom. The van der Waals surface area contributed by atoms with Gasteiger partial charge < -0.3 is 0 Å². The van der Waals surface area contributed by atoms with Gasteiger partial charge in [-0.05, 0) is 28.1 Å². The van der Waals surface area contributed by atoms with Crippen molar-refractivity contribution in [1.29, 1.82) is 0 Å². The quantitative estimate of drug-likeness (QED) is 0.432. The summed E-state index contributed by atoms with van der Waals surface area (Å²) < 4.78 is 73.2. The number of hydrogen-bond acceptors (Lipinski definition) is 6. The Morgan fingerprint density at radius 1 is 0.957 bits per heavy atom. The summed E-state index contributed by atoms with van der Waals surface area (Å²) in [6.07, 6.45) is 1.18. The minimum atomic E-state index is -4.45. The number of nitrogens with zero attached hydrogens (tertiary/aromatic N) is 2. The van der Waals surface area contributed by atoms with Crippen molar-refractivity contribution in [2.24, 2.45) is 0 Å². The number of alkyl halides is 1. The molecule has 0 aliphatic carbocycles. The van der Waals surface area contributed by atoms with Crippen LogP contribution in [0.4, 0.5) is 0 Å². The smallest absolute Gasteiger partial charge is 0.210 e. The molecule has 0 amide bonds. The molecule has 0 saturated carbocycles. The number of benzene rings is 1. The fourth-order valence-corrected chi connectivity index (χ4v) is 7.47. The molecule has 0 spiro atoms. The predicted octanol–water partition coefficient (Wildman–Crippen LogP) is 0.815. The maximum absolute atomic E-state index is 12.6. The maximum atomic E-state index is 12.6. The molecule has 13 heteroatoms. The van der Waals surface area contributed by atoms with Crippen LogP contribution in [0.1, 0.15) is 0 Å². The van der Waals surface area contributed by atoms with Gasteiger partial charge in [-0.25, -0.2) is 25.3 Å². The second-order valence-corrected chi connectivity index (χ2v) is 11.4. The molecule has 0 bridgehead atoms. The van der Waals surface area contributed by atoms with E-state index in [2.05, 4.69) is 15.9 Å². The summed E-state index contributed by atoms with van der Waals surface area (Å²) >= 11 is 8.67. The SMILES string of the molecule is CS(=O)(=O)N(N(CCCl)S(=O)(=O)c1ccc(Br)cc1)S(C)(=O)=O. The number of hydrazine groups is 1. The molecular weight excluding hydrogens is 456 g/mol. The lowest BCUT2D eigenvalue weighted by molar-refractivity contribution is 0.267. The highest BCUT2D eigenvalue weighted by Crippen LogP contribution is 2.23. The lowest BCUT2D eigenvalue weighted by Gasteiger charge is -2.29. The van der Waals surface area contributed by atoms with Crippen molar-refractivity contribution in [3.05, 3.63) is 28.7 Å². The molecule has 1 aromatic rings. The van der Waals surface area contributed by atoms with Crippen LogP contribution in [0.2, 0.25) is 0 Å². The molecule has 0 aromatic heterocycles. The van der Waals surface area contributed by atoms with E-state index in [4.69, 9.17) is 11.6 Å². The number of halogens is 2.